The number of aliphatic hydroxyl groups excluding tert-OH is 1. The maximum atomic E-state index is 9.56. The molecule has 0 saturated carbocycles. The third-order valence-electron chi connectivity index (χ3n) is 2.91. The molecule has 0 amide bonds. The molecule has 2 heterocycles. The molecule has 0 saturated heterocycles. The fourth-order valence-corrected chi connectivity index (χ4v) is 2.14. The number of hydrogen-bond donors (Lipinski definition) is 2. The molecule has 0 aliphatic heterocycles. The van der Waals surface area contributed by atoms with Crippen molar-refractivity contribution in [2.75, 3.05) is 20.3 Å². The quantitative estimate of drug-likeness (QED) is 0.792. The van der Waals surface area contributed by atoms with Gasteiger partial charge in [0.15, 0.2) is 0 Å². The van der Waals surface area contributed by atoms with Crippen molar-refractivity contribution in [3.05, 3.63) is 29.3 Å². The highest BCUT2D eigenvalue weighted by Gasteiger charge is 2.08. The van der Waals surface area contributed by atoms with Crippen molar-refractivity contribution in [3.8, 4) is 0 Å². The van der Waals surface area contributed by atoms with Gasteiger partial charge in [-0.1, -0.05) is 0 Å². The number of imidazole rings is 1. The molecule has 104 valence electrons. The highest BCUT2D eigenvalue weighted by Crippen LogP contribution is 2.09. The predicted molar refractivity (Wildman–Crippen MR) is 72.1 cm³/mol. The second-order valence-electron chi connectivity index (χ2n) is 4.66. The summed E-state index contributed by atoms with van der Waals surface area (Å²) in [6.45, 7) is 5.44. The van der Waals surface area contributed by atoms with Crippen LogP contribution in [0.25, 0.3) is 5.78 Å². The van der Waals surface area contributed by atoms with E-state index >= 15 is 0 Å². The number of nitrogens with one attached hydrogen (secondary N) is 1. The Hall–Kier alpha value is -1.50. The monoisotopic (exact) mass is 264 g/mol. The first-order chi connectivity index (χ1) is 9.11. The van der Waals surface area contributed by atoms with E-state index in [0.29, 0.717) is 25.5 Å². The van der Waals surface area contributed by atoms with Gasteiger partial charge < -0.3 is 15.2 Å². The predicted octanol–water partition coefficient (Wildman–Crippen LogP) is 0.443. The Kier molecular flexibility index (Phi) is 4.47. The summed E-state index contributed by atoms with van der Waals surface area (Å²) in [4.78, 5) is 8.68. The van der Waals surface area contributed by atoms with Gasteiger partial charge in [0.05, 0.1) is 24.6 Å². The summed E-state index contributed by atoms with van der Waals surface area (Å²) in [7, 11) is 1.57. The largest absolute Gasteiger partial charge is 0.389 e. The Morgan fingerprint density at radius 2 is 2.26 bits per heavy atom. The van der Waals surface area contributed by atoms with E-state index in [1.165, 1.54) is 0 Å². The second-order valence-corrected chi connectivity index (χ2v) is 4.66. The maximum Gasteiger partial charge on any atom is 0.234 e. The van der Waals surface area contributed by atoms with Crippen molar-refractivity contribution in [1.82, 2.24) is 19.7 Å². The first-order valence-electron chi connectivity index (χ1n) is 6.30. The fourth-order valence-electron chi connectivity index (χ4n) is 2.14. The number of rotatable bonds is 6. The van der Waals surface area contributed by atoms with Crippen molar-refractivity contribution in [1.29, 1.82) is 0 Å². The molecular weight excluding hydrogens is 244 g/mol. The van der Waals surface area contributed by atoms with Crippen LogP contribution in [0.5, 0.6) is 0 Å². The van der Waals surface area contributed by atoms with Crippen molar-refractivity contribution in [2.24, 2.45) is 0 Å². The standard InChI is InChI=1S/C13H20N4O2/c1-9-4-10(2)17-11(6-15-13(17)16-9)5-14-7-12(18)8-19-3/h4,6,12,14,18H,5,7-8H2,1-3H3. The van der Waals surface area contributed by atoms with Crippen LogP contribution in [0.3, 0.4) is 0 Å². The molecule has 0 fully saturated rings. The van der Waals surface area contributed by atoms with Crippen LogP contribution >= 0.6 is 0 Å². The molecule has 2 rings (SSSR count). The summed E-state index contributed by atoms with van der Waals surface area (Å²) < 4.78 is 6.89. The zero-order valence-corrected chi connectivity index (χ0v) is 11.6. The first-order valence-corrected chi connectivity index (χ1v) is 6.30. The average Bonchev–Trinajstić information content (AvgIpc) is 2.72. The third-order valence-corrected chi connectivity index (χ3v) is 2.91. The summed E-state index contributed by atoms with van der Waals surface area (Å²) in [5.41, 5.74) is 3.10. The summed E-state index contributed by atoms with van der Waals surface area (Å²) in [5.74, 6) is 0.715. The Labute approximate surface area is 112 Å². The number of aryl methyl sites for hydroxylation is 2. The highest BCUT2D eigenvalue weighted by atomic mass is 16.5. The third kappa shape index (κ3) is 3.28. The number of methoxy groups -OCH3 is 1. The van der Waals surface area contributed by atoms with Crippen LogP contribution in [0.4, 0.5) is 0 Å². The van der Waals surface area contributed by atoms with Crippen LogP contribution in [0.1, 0.15) is 17.1 Å². The van der Waals surface area contributed by atoms with Crippen LogP contribution in [0.15, 0.2) is 12.3 Å². The number of hydrogen-bond acceptors (Lipinski definition) is 5. The number of ether oxygens (including phenoxy) is 1. The number of nitrogens with zero attached hydrogens (tertiary/aromatic N) is 3. The first kappa shape index (κ1) is 13.9. The Balaban J connectivity index is 2.05. The van der Waals surface area contributed by atoms with Crippen molar-refractivity contribution in [2.45, 2.75) is 26.5 Å². The molecule has 1 unspecified atom stereocenters. The highest BCUT2D eigenvalue weighted by molar-refractivity contribution is 5.35. The smallest absolute Gasteiger partial charge is 0.234 e. The van der Waals surface area contributed by atoms with Gasteiger partial charge >= 0.3 is 0 Å². The van der Waals surface area contributed by atoms with E-state index in [1.807, 2.05) is 30.5 Å². The van der Waals surface area contributed by atoms with Crippen LogP contribution in [0.2, 0.25) is 0 Å². The van der Waals surface area contributed by atoms with Gasteiger partial charge in [-0.05, 0) is 19.9 Å². The van der Waals surface area contributed by atoms with E-state index in [2.05, 4.69) is 15.3 Å². The molecule has 2 N–H and O–H groups in total. The van der Waals surface area contributed by atoms with Gasteiger partial charge in [-0.15, -0.1) is 0 Å². The van der Waals surface area contributed by atoms with E-state index in [9.17, 15) is 5.11 Å². The molecule has 2 aromatic heterocycles. The lowest BCUT2D eigenvalue weighted by Crippen LogP contribution is -2.30. The number of fused-ring (bicyclic) bond motifs is 1. The number of aliphatic hydroxyl groups is 1. The van der Waals surface area contributed by atoms with Crippen LogP contribution in [-0.4, -0.2) is 45.8 Å². The summed E-state index contributed by atoms with van der Waals surface area (Å²) in [6.07, 6.45) is 1.32. The molecule has 1 atom stereocenters. The Morgan fingerprint density at radius 1 is 1.47 bits per heavy atom. The zero-order valence-electron chi connectivity index (χ0n) is 11.6. The molecule has 0 bridgehead atoms. The van der Waals surface area contributed by atoms with E-state index in [-0.39, 0.29) is 0 Å². The molecule has 0 spiro atoms. The van der Waals surface area contributed by atoms with Crippen molar-refractivity contribution < 1.29 is 9.84 Å². The van der Waals surface area contributed by atoms with Gasteiger partial charge in [-0.25, -0.2) is 9.97 Å². The Bertz CT molecular complexity index is 553. The van der Waals surface area contributed by atoms with Gasteiger partial charge in [0, 0.05) is 31.6 Å². The molecule has 0 aromatic carbocycles. The number of aromatic nitrogens is 3. The van der Waals surface area contributed by atoms with E-state index in [4.69, 9.17) is 4.74 Å². The molecule has 2 aromatic rings. The lowest BCUT2D eigenvalue weighted by Gasteiger charge is -2.11. The van der Waals surface area contributed by atoms with Crippen LogP contribution < -0.4 is 5.32 Å². The van der Waals surface area contributed by atoms with Gasteiger partial charge in [0.1, 0.15) is 0 Å². The molecule has 0 aliphatic rings. The van der Waals surface area contributed by atoms with Crippen LogP contribution in [0, 0.1) is 13.8 Å². The molecule has 0 aliphatic carbocycles. The van der Waals surface area contributed by atoms with Crippen molar-refractivity contribution in [3.63, 3.8) is 0 Å². The SMILES string of the molecule is COCC(O)CNCc1cnc2nc(C)cc(C)n12. The normalized spacial score (nSPS) is 13.1. The molecule has 19 heavy (non-hydrogen) atoms. The maximum absolute atomic E-state index is 9.56. The van der Waals surface area contributed by atoms with E-state index in [0.717, 1.165) is 17.1 Å². The van der Waals surface area contributed by atoms with E-state index < -0.39 is 6.10 Å². The molecular formula is C13H20N4O2. The van der Waals surface area contributed by atoms with Gasteiger partial charge in [0.2, 0.25) is 5.78 Å². The summed E-state index contributed by atoms with van der Waals surface area (Å²) in [5, 5.41) is 12.7. The lowest BCUT2D eigenvalue weighted by atomic mass is 10.3. The van der Waals surface area contributed by atoms with Gasteiger partial charge in [-0.3, -0.25) is 4.40 Å². The summed E-state index contributed by atoms with van der Waals surface area (Å²) >= 11 is 0. The molecule has 6 heteroatoms. The molecule has 6 nitrogen and oxygen atoms in total. The second kappa shape index (κ2) is 6.10. The summed E-state index contributed by atoms with van der Waals surface area (Å²) in [6, 6.07) is 2.03. The van der Waals surface area contributed by atoms with Crippen LogP contribution in [-0.2, 0) is 11.3 Å². The average molecular weight is 264 g/mol. The minimum absolute atomic E-state index is 0.333. The lowest BCUT2D eigenvalue weighted by molar-refractivity contribution is 0.0643. The van der Waals surface area contributed by atoms with Gasteiger partial charge in [-0.2, -0.15) is 0 Å². The molecule has 0 radical (unpaired) electrons. The fraction of sp³-hybridized carbons (Fsp3) is 0.538. The topological polar surface area (TPSA) is 71.7 Å². The van der Waals surface area contributed by atoms with E-state index in [1.54, 1.807) is 7.11 Å². The van der Waals surface area contributed by atoms with Gasteiger partial charge in [0.25, 0.3) is 0 Å². The zero-order chi connectivity index (χ0) is 13.8. The van der Waals surface area contributed by atoms with Crippen molar-refractivity contribution >= 4 is 5.78 Å². The minimum atomic E-state index is -0.495. The minimum Gasteiger partial charge on any atom is -0.389 e. The Morgan fingerprint density at radius 3 is 3.00 bits per heavy atom.